The van der Waals surface area contributed by atoms with Gasteiger partial charge in [0.15, 0.2) is 0 Å². The standard InChI is InChI=1S/C8H12N.C7H9Si.2ClH.Zr/c1-8(2,3)7-4-5-9-6-7;1-8(2)7-5-3-4-6-7;;;/h4-5,9H,1-3H3;3-5H,1-2H3;2*1H;/q;;;;+2/p-2. The molecule has 20 heavy (non-hydrogen) atoms. The van der Waals surface area contributed by atoms with Crippen LogP contribution in [0.2, 0.25) is 13.1 Å². The molecule has 5 heteroatoms. The van der Waals surface area contributed by atoms with Crippen LogP contribution in [-0.2, 0) is 28.6 Å². The summed E-state index contributed by atoms with van der Waals surface area (Å²) in [5.41, 5.74) is 1.78. The van der Waals surface area contributed by atoms with Crippen LogP contribution in [0, 0.1) is 0 Å². The Morgan fingerprint density at radius 3 is 2.35 bits per heavy atom. The molecule has 1 aromatic heterocycles. The maximum Gasteiger partial charge on any atom is -1.00 e. The molecule has 0 spiro atoms. The van der Waals surface area contributed by atoms with Crippen LogP contribution in [0.15, 0.2) is 33.8 Å². The summed E-state index contributed by atoms with van der Waals surface area (Å²) in [7, 11) is -0.320. The summed E-state index contributed by atoms with van der Waals surface area (Å²) < 4.78 is 3.22. The van der Waals surface area contributed by atoms with Gasteiger partial charge in [0, 0.05) is 0 Å². The van der Waals surface area contributed by atoms with Gasteiger partial charge in [-0.2, -0.15) is 0 Å². The molecule has 0 fully saturated rings. The maximum atomic E-state index is 3.50. The second kappa shape index (κ2) is 8.08. The predicted octanol–water partition coefficient (Wildman–Crippen LogP) is -3.01. The van der Waals surface area contributed by atoms with E-state index in [4.69, 9.17) is 0 Å². The van der Waals surface area contributed by atoms with E-state index in [-0.39, 0.29) is 38.6 Å². The number of hydrogen-bond acceptors (Lipinski definition) is 0. The van der Waals surface area contributed by atoms with E-state index in [2.05, 4.69) is 69.3 Å². The van der Waals surface area contributed by atoms with Gasteiger partial charge in [0.05, 0.1) is 0 Å². The molecule has 0 saturated carbocycles. The average Bonchev–Trinajstić information content (AvgIpc) is 2.85. The Labute approximate surface area is 147 Å². The van der Waals surface area contributed by atoms with Gasteiger partial charge in [-0.1, -0.05) is 0 Å². The molecule has 0 aliphatic heterocycles. The molecule has 1 aromatic rings. The van der Waals surface area contributed by atoms with Crippen molar-refractivity contribution in [2.24, 2.45) is 0 Å². The van der Waals surface area contributed by atoms with Gasteiger partial charge in [0.25, 0.3) is 0 Å². The van der Waals surface area contributed by atoms with Gasteiger partial charge in [-0.15, -0.1) is 0 Å². The van der Waals surface area contributed by atoms with Crippen molar-refractivity contribution in [3.8, 4) is 0 Å². The number of nitrogens with one attached hydrogen (secondary N) is 1. The molecule has 0 amide bonds. The number of aromatic nitrogens is 1. The van der Waals surface area contributed by atoms with Crippen LogP contribution in [0.1, 0.15) is 26.3 Å². The van der Waals surface area contributed by atoms with E-state index >= 15 is 0 Å². The van der Waals surface area contributed by atoms with Crippen LogP contribution in [0.25, 0.3) is 0 Å². The molecule has 1 heterocycles. The molecule has 1 N–H and O–H groups in total. The zero-order chi connectivity index (χ0) is 13.3. The predicted molar refractivity (Wildman–Crippen MR) is 78.8 cm³/mol. The Morgan fingerprint density at radius 1 is 1.15 bits per heavy atom. The van der Waals surface area contributed by atoms with Crippen LogP contribution in [0.4, 0.5) is 0 Å². The van der Waals surface area contributed by atoms with Crippen molar-refractivity contribution in [3.63, 3.8) is 0 Å². The van der Waals surface area contributed by atoms with Gasteiger partial charge in [-0.25, -0.2) is 0 Å². The van der Waals surface area contributed by atoms with Crippen LogP contribution in [0.3, 0.4) is 0 Å². The van der Waals surface area contributed by atoms with Crippen molar-refractivity contribution in [2.75, 3.05) is 0 Å². The van der Waals surface area contributed by atoms with Crippen LogP contribution in [-0.4, -0.2) is 18.6 Å². The molecular formula is C15H21Cl2NSiZr. The number of aromatic amines is 1. The van der Waals surface area contributed by atoms with Gasteiger partial charge >= 0.3 is 124 Å². The molecule has 0 aromatic carbocycles. The summed E-state index contributed by atoms with van der Waals surface area (Å²) in [5.74, 6) is 0. The minimum Gasteiger partial charge on any atom is -1.00 e. The summed E-state index contributed by atoms with van der Waals surface area (Å²) in [4.78, 5) is 3.50. The van der Waals surface area contributed by atoms with Crippen molar-refractivity contribution in [1.29, 1.82) is 0 Å². The van der Waals surface area contributed by atoms with Crippen LogP contribution in [0.5, 0.6) is 0 Å². The average molecular weight is 406 g/mol. The van der Waals surface area contributed by atoms with Crippen molar-refractivity contribution < 1.29 is 48.0 Å². The molecule has 0 unspecified atom stereocenters. The van der Waals surface area contributed by atoms with E-state index in [1.807, 2.05) is 0 Å². The minimum absolute atomic E-state index is 0. The molecule has 2 rings (SSSR count). The number of allylic oxidation sites excluding steroid dienone is 4. The first-order valence-electron chi connectivity index (χ1n) is 6.40. The first-order valence-corrected chi connectivity index (χ1v) is 11.4. The molecular weight excluding hydrogens is 384 g/mol. The molecule has 0 atom stereocenters. The van der Waals surface area contributed by atoms with E-state index < -0.39 is 23.2 Å². The van der Waals surface area contributed by atoms with Gasteiger partial charge < -0.3 is 24.8 Å². The topological polar surface area (TPSA) is 15.8 Å². The Bertz CT molecular complexity index is 546. The Morgan fingerprint density at radius 2 is 1.80 bits per heavy atom. The smallest absolute Gasteiger partial charge is 1.00 e. The van der Waals surface area contributed by atoms with E-state index in [1.165, 1.54) is 5.56 Å². The fourth-order valence-electron chi connectivity index (χ4n) is 2.20. The Kier molecular flexibility index (Phi) is 8.20. The third-order valence-corrected chi connectivity index (χ3v) is 8.66. The van der Waals surface area contributed by atoms with Gasteiger partial charge in [-0.05, 0) is 0 Å². The zero-order valence-corrected chi connectivity index (χ0v) is 17.6. The molecule has 1 aliphatic rings. The first kappa shape index (κ1) is 20.3. The monoisotopic (exact) mass is 403 g/mol. The molecule has 0 bridgehead atoms. The number of hydrogen-bond donors (Lipinski definition) is 1. The third kappa shape index (κ3) is 4.66. The van der Waals surface area contributed by atoms with Gasteiger partial charge in [-0.3, -0.25) is 0 Å². The van der Waals surface area contributed by atoms with Crippen molar-refractivity contribution in [3.05, 3.63) is 39.3 Å². The summed E-state index contributed by atoms with van der Waals surface area (Å²) in [6, 6.07) is 2.27. The van der Waals surface area contributed by atoms with Crippen molar-refractivity contribution in [1.82, 2.24) is 4.98 Å². The molecule has 0 radical (unpaired) electrons. The minimum atomic E-state index is -0.674. The molecule has 1 nitrogen and oxygen atoms in total. The van der Waals surface area contributed by atoms with E-state index in [1.54, 1.807) is 11.9 Å². The van der Waals surface area contributed by atoms with Gasteiger partial charge in [0.1, 0.15) is 0 Å². The summed E-state index contributed by atoms with van der Waals surface area (Å²) in [6.45, 7) is 11.7. The second-order valence-electron chi connectivity index (χ2n) is 5.99. The van der Waals surface area contributed by atoms with E-state index in [0.29, 0.717) is 0 Å². The second-order valence-corrected chi connectivity index (χ2v) is 11.7. The van der Waals surface area contributed by atoms with Crippen LogP contribution >= 0.6 is 0 Å². The quantitative estimate of drug-likeness (QED) is 0.505. The molecule has 108 valence electrons. The van der Waals surface area contributed by atoms with Crippen molar-refractivity contribution in [2.45, 2.75) is 39.3 Å². The Hall–Kier alpha value is 0.310. The zero-order valence-electron chi connectivity index (χ0n) is 12.6. The van der Waals surface area contributed by atoms with Gasteiger partial charge in [0.2, 0.25) is 0 Å². The van der Waals surface area contributed by atoms with E-state index in [9.17, 15) is 0 Å². The maximum absolute atomic E-state index is 3.50. The largest absolute Gasteiger partial charge is 1.00 e. The first-order chi connectivity index (χ1) is 8.39. The van der Waals surface area contributed by atoms with Crippen molar-refractivity contribution >= 4 is 17.0 Å². The third-order valence-electron chi connectivity index (χ3n) is 3.17. The molecule has 0 saturated heterocycles. The fourth-order valence-corrected chi connectivity index (χ4v) is 8.94. The number of H-pyrrole nitrogens is 1. The number of halogens is 2. The normalized spacial score (nSPS) is 13.2. The van der Waals surface area contributed by atoms with E-state index in [0.717, 1.165) is 0 Å². The summed E-state index contributed by atoms with van der Waals surface area (Å²) in [5, 5.41) is 1.65. The SMILES string of the molecule is C[Si](C)=C1C=CC=[C]1[Zr+2][c]1[nH]ccc1C(C)(C)C.[Cl-].[Cl-]. The fraction of sp³-hybridized carbons (Fsp3) is 0.400. The summed E-state index contributed by atoms with van der Waals surface area (Å²) >= 11 is -0.674. The van der Waals surface area contributed by atoms with Crippen LogP contribution < -0.4 is 28.2 Å². The Balaban J connectivity index is 0.00000180. The number of rotatable bonds is 2. The summed E-state index contributed by atoms with van der Waals surface area (Å²) in [6.07, 6.45) is 9.04. The molecule has 1 aliphatic carbocycles.